The van der Waals surface area contributed by atoms with E-state index < -0.39 is 0 Å². The highest BCUT2D eigenvalue weighted by Gasteiger charge is 2.41. The lowest BCUT2D eigenvalue weighted by molar-refractivity contribution is -0.122. The van der Waals surface area contributed by atoms with Crippen LogP contribution in [0.15, 0.2) is 12.1 Å². The Morgan fingerprint density at radius 2 is 2.37 bits per heavy atom. The van der Waals surface area contributed by atoms with E-state index in [1.54, 1.807) is 6.07 Å². The van der Waals surface area contributed by atoms with Crippen molar-refractivity contribution >= 4 is 23.2 Å². The van der Waals surface area contributed by atoms with Crippen LogP contribution in [0.5, 0.6) is 0 Å². The monoisotopic (exact) mass is 280 g/mol. The van der Waals surface area contributed by atoms with Crippen molar-refractivity contribution in [1.82, 2.24) is 10.2 Å². The number of nitrogens with one attached hydrogen (secondary N) is 1. The first-order chi connectivity index (χ1) is 9.17. The van der Waals surface area contributed by atoms with Crippen molar-refractivity contribution in [1.29, 1.82) is 0 Å². The largest absolute Gasteiger partial charge is 0.465 e. The van der Waals surface area contributed by atoms with E-state index in [0.29, 0.717) is 10.8 Å². The Balaban J connectivity index is 1.62. The van der Waals surface area contributed by atoms with Crippen molar-refractivity contribution in [3.63, 3.8) is 0 Å². The number of esters is 1. The lowest BCUT2D eigenvalue weighted by atomic mass is 10.0. The number of carbonyl (C=O) groups excluding carboxylic acids is 2. The quantitative estimate of drug-likeness (QED) is 0.829. The van der Waals surface area contributed by atoms with Crippen molar-refractivity contribution in [2.75, 3.05) is 26.7 Å². The number of ether oxygens (including phenoxy) is 1. The number of hydrogen-bond donors (Lipinski definition) is 1. The van der Waals surface area contributed by atoms with E-state index in [4.69, 9.17) is 4.74 Å². The van der Waals surface area contributed by atoms with Gasteiger partial charge in [0.1, 0.15) is 4.88 Å². The second-order valence-electron chi connectivity index (χ2n) is 5.06. The zero-order valence-corrected chi connectivity index (χ0v) is 11.5. The maximum absolute atomic E-state index is 11.6. The van der Waals surface area contributed by atoms with Gasteiger partial charge in [-0.15, -0.1) is 11.3 Å². The van der Waals surface area contributed by atoms with Crippen LogP contribution in [0.1, 0.15) is 14.5 Å². The van der Waals surface area contributed by atoms with Crippen LogP contribution in [0, 0.1) is 11.8 Å². The number of hydrogen-bond acceptors (Lipinski definition) is 5. The van der Waals surface area contributed by atoms with E-state index in [-0.39, 0.29) is 17.8 Å². The number of amides is 1. The smallest absolute Gasteiger partial charge is 0.348 e. The minimum Gasteiger partial charge on any atom is -0.465 e. The fourth-order valence-corrected chi connectivity index (χ4v) is 3.82. The summed E-state index contributed by atoms with van der Waals surface area (Å²) >= 11 is 1.46. The molecule has 0 unspecified atom stereocenters. The van der Waals surface area contributed by atoms with Gasteiger partial charge in [0.25, 0.3) is 0 Å². The van der Waals surface area contributed by atoms with Gasteiger partial charge in [0.2, 0.25) is 5.91 Å². The molecule has 1 N–H and O–H groups in total. The van der Waals surface area contributed by atoms with Crippen LogP contribution in [0.3, 0.4) is 0 Å². The van der Waals surface area contributed by atoms with Gasteiger partial charge in [-0.25, -0.2) is 4.79 Å². The van der Waals surface area contributed by atoms with Crippen molar-refractivity contribution in [2.24, 2.45) is 11.8 Å². The van der Waals surface area contributed by atoms with Gasteiger partial charge in [0.15, 0.2) is 0 Å². The minimum atomic E-state index is -0.283. The van der Waals surface area contributed by atoms with Crippen LogP contribution in [-0.2, 0) is 16.1 Å². The van der Waals surface area contributed by atoms with Gasteiger partial charge in [-0.1, -0.05) is 0 Å². The van der Waals surface area contributed by atoms with Crippen LogP contribution >= 0.6 is 11.3 Å². The third-order valence-corrected chi connectivity index (χ3v) is 4.87. The van der Waals surface area contributed by atoms with Gasteiger partial charge >= 0.3 is 5.97 Å². The number of methoxy groups -OCH3 is 1. The van der Waals surface area contributed by atoms with E-state index in [2.05, 4.69) is 10.2 Å². The molecule has 0 radical (unpaired) electrons. The highest BCUT2D eigenvalue weighted by Crippen LogP contribution is 2.29. The molecule has 3 heterocycles. The molecule has 3 rings (SSSR count). The lowest BCUT2D eigenvalue weighted by Gasteiger charge is -2.15. The predicted molar refractivity (Wildman–Crippen MR) is 70.9 cm³/mol. The Morgan fingerprint density at radius 1 is 1.53 bits per heavy atom. The van der Waals surface area contributed by atoms with Gasteiger partial charge in [-0.2, -0.15) is 0 Å². The molecular formula is C13H16N2O3S. The topological polar surface area (TPSA) is 58.6 Å². The van der Waals surface area contributed by atoms with Crippen LogP contribution < -0.4 is 5.32 Å². The molecular weight excluding hydrogens is 264 g/mol. The van der Waals surface area contributed by atoms with Crippen LogP contribution in [-0.4, -0.2) is 43.5 Å². The van der Waals surface area contributed by atoms with Crippen molar-refractivity contribution in [3.8, 4) is 0 Å². The van der Waals surface area contributed by atoms with Crippen LogP contribution in [0.4, 0.5) is 0 Å². The predicted octanol–water partition coefficient (Wildman–Crippen LogP) is 0.713. The molecule has 0 aromatic carbocycles. The first kappa shape index (κ1) is 12.6. The SMILES string of the molecule is COC(=O)c1ccc(CN2C[C@@H]3CNC(=O)[C@@H]3C2)s1. The summed E-state index contributed by atoms with van der Waals surface area (Å²) in [6.45, 7) is 3.39. The maximum Gasteiger partial charge on any atom is 0.348 e. The summed E-state index contributed by atoms with van der Waals surface area (Å²) in [5.74, 6) is 0.510. The molecule has 1 amide bonds. The fourth-order valence-electron chi connectivity index (χ4n) is 2.85. The first-order valence-corrected chi connectivity index (χ1v) is 7.16. The van der Waals surface area contributed by atoms with E-state index in [1.807, 2.05) is 6.07 Å². The molecule has 0 spiro atoms. The highest BCUT2D eigenvalue weighted by molar-refractivity contribution is 7.13. The van der Waals surface area contributed by atoms with E-state index in [0.717, 1.165) is 31.1 Å². The zero-order chi connectivity index (χ0) is 13.4. The van der Waals surface area contributed by atoms with E-state index >= 15 is 0 Å². The molecule has 6 heteroatoms. The molecule has 2 aliphatic rings. The van der Waals surface area contributed by atoms with E-state index in [1.165, 1.54) is 18.4 Å². The highest BCUT2D eigenvalue weighted by atomic mass is 32.1. The minimum absolute atomic E-state index is 0.153. The molecule has 2 saturated heterocycles. The molecule has 1 aromatic rings. The summed E-state index contributed by atoms with van der Waals surface area (Å²) in [5.41, 5.74) is 0. The van der Waals surface area contributed by atoms with Gasteiger partial charge in [-0.05, 0) is 12.1 Å². The maximum atomic E-state index is 11.6. The van der Waals surface area contributed by atoms with Crippen molar-refractivity contribution in [3.05, 3.63) is 21.9 Å². The number of thiophene rings is 1. The Bertz CT molecular complexity index is 514. The van der Waals surface area contributed by atoms with Crippen LogP contribution in [0.2, 0.25) is 0 Å². The normalized spacial score (nSPS) is 26.3. The molecule has 5 nitrogen and oxygen atoms in total. The Labute approximate surface area is 115 Å². The average molecular weight is 280 g/mol. The number of likely N-dealkylation sites (tertiary alicyclic amines) is 1. The molecule has 2 aliphatic heterocycles. The summed E-state index contributed by atoms with van der Waals surface area (Å²) in [5, 5.41) is 2.91. The van der Waals surface area contributed by atoms with Crippen molar-refractivity contribution in [2.45, 2.75) is 6.54 Å². The van der Waals surface area contributed by atoms with Gasteiger partial charge in [0, 0.05) is 37.0 Å². The Kier molecular flexibility index (Phi) is 3.28. The van der Waals surface area contributed by atoms with Gasteiger partial charge in [-0.3, -0.25) is 9.69 Å². The van der Waals surface area contributed by atoms with Gasteiger partial charge < -0.3 is 10.1 Å². The van der Waals surface area contributed by atoms with Crippen LogP contribution in [0.25, 0.3) is 0 Å². The van der Waals surface area contributed by atoms with E-state index in [9.17, 15) is 9.59 Å². The second kappa shape index (κ2) is 4.94. The summed E-state index contributed by atoms with van der Waals surface area (Å²) in [4.78, 5) is 27.0. The molecule has 0 bridgehead atoms. The first-order valence-electron chi connectivity index (χ1n) is 6.34. The fraction of sp³-hybridized carbons (Fsp3) is 0.538. The molecule has 19 heavy (non-hydrogen) atoms. The number of nitrogens with zero attached hydrogens (tertiary/aromatic N) is 1. The molecule has 1 aromatic heterocycles. The summed E-state index contributed by atoms with van der Waals surface area (Å²) in [6.07, 6.45) is 0. The molecule has 2 fully saturated rings. The number of fused-ring (bicyclic) bond motifs is 1. The number of carbonyl (C=O) groups is 2. The molecule has 2 atom stereocenters. The zero-order valence-electron chi connectivity index (χ0n) is 10.7. The molecule has 0 aliphatic carbocycles. The summed E-state index contributed by atoms with van der Waals surface area (Å²) in [7, 11) is 1.39. The summed E-state index contributed by atoms with van der Waals surface area (Å²) < 4.78 is 4.70. The summed E-state index contributed by atoms with van der Waals surface area (Å²) in [6, 6.07) is 3.76. The molecule has 0 saturated carbocycles. The Morgan fingerprint density at radius 3 is 3.11 bits per heavy atom. The van der Waals surface area contributed by atoms with Gasteiger partial charge in [0.05, 0.1) is 13.0 Å². The lowest BCUT2D eigenvalue weighted by Crippen LogP contribution is -2.28. The third-order valence-electron chi connectivity index (χ3n) is 3.82. The Hall–Kier alpha value is -1.40. The molecule has 102 valence electrons. The third kappa shape index (κ3) is 2.37. The number of rotatable bonds is 3. The standard InChI is InChI=1S/C13H16N2O3S/c1-18-13(17)11-3-2-9(19-11)6-15-5-8-4-14-12(16)10(8)7-15/h2-3,8,10H,4-7H2,1H3,(H,14,16)/t8-,10+/m0/s1. The second-order valence-corrected chi connectivity index (χ2v) is 6.23. The average Bonchev–Trinajstić information content (AvgIpc) is 3.08. The van der Waals surface area contributed by atoms with Crippen molar-refractivity contribution < 1.29 is 14.3 Å².